The molecule has 3 unspecified atom stereocenters. The first-order valence-corrected chi connectivity index (χ1v) is 7.40. The van der Waals surface area contributed by atoms with Crippen LogP contribution in [0.3, 0.4) is 0 Å². The van der Waals surface area contributed by atoms with Gasteiger partial charge in [-0.25, -0.2) is 0 Å². The molecule has 2 saturated heterocycles. The molecule has 0 aromatic carbocycles. The summed E-state index contributed by atoms with van der Waals surface area (Å²) in [5.41, 5.74) is 0. The Balaban J connectivity index is 0.000000258. The van der Waals surface area contributed by atoms with Gasteiger partial charge in [0.1, 0.15) is 0 Å². The van der Waals surface area contributed by atoms with Crippen molar-refractivity contribution in [2.24, 2.45) is 0 Å². The third kappa shape index (κ3) is 8.55. The van der Waals surface area contributed by atoms with Gasteiger partial charge in [0.25, 0.3) is 0 Å². The SMILES string of the molecule is C1CCC(OC2CCCCO2)OC1.CCOC(C)O. The van der Waals surface area contributed by atoms with Crippen LogP contribution >= 0.6 is 0 Å². The third-order valence-electron chi connectivity index (χ3n) is 2.99. The number of rotatable bonds is 4. The molecule has 0 amide bonds. The minimum absolute atomic E-state index is 0.00292. The Morgan fingerprint density at radius 2 is 1.58 bits per heavy atom. The fraction of sp³-hybridized carbons (Fsp3) is 1.00. The van der Waals surface area contributed by atoms with Crippen LogP contribution in [-0.2, 0) is 18.9 Å². The molecule has 2 heterocycles. The molecule has 19 heavy (non-hydrogen) atoms. The Kier molecular flexibility index (Phi) is 9.38. The smallest absolute Gasteiger partial charge is 0.160 e. The summed E-state index contributed by atoms with van der Waals surface area (Å²) < 4.78 is 21.2. The van der Waals surface area contributed by atoms with Crippen molar-refractivity contribution in [2.45, 2.75) is 71.2 Å². The predicted molar refractivity (Wildman–Crippen MR) is 71.6 cm³/mol. The second-order valence-corrected chi connectivity index (χ2v) is 4.78. The Morgan fingerprint density at radius 3 is 1.84 bits per heavy atom. The van der Waals surface area contributed by atoms with E-state index >= 15 is 0 Å². The molecule has 0 spiro atoms. The first-order valence-electron chi connectivity index (χ1n) is 7.40. The van der Waals surface area contributed by atoms with Crippen LogP contribution in [0.5, 0.6) is 0 Å². The zero-order chi connectivity index (χ0) is 13.9. The van der Waals surface area contributed by atoms with E-state index < -0.39 is 6.29 Å². The zero-order valence-corrected chi connectivity index (χ0v) is 12.2. The molecule has 0 saturated carbocycles. The number of hydrogen-bond donors (Lipinski definition) is 1. The maximum absolute atomic E-state index is 8.33. The third-order valence-corrected chi connectivity index (χ3v) is 2.99. The predicted octanol–water partition coefficient (Wildman–Crippen LogP) is 2.42. The lowest BCUT2D eigenvalue weighted by molar-refractivity contribution is -0.264. The molecule has 2 aliphatic rings. The maximum Gasteiger partial charge on any atom is 0.160 e. The maximum atomic E-state index is 8.33. The lowest BCUT2D eigenvalue weighted by Gasteiger charge is -2.29. The van der Waals surface area contributed by atoms with Crippen molar-refractivity contribution in [1.29, 1.82) is 0 Å². The molecule has 114 valence electrons. The van der Waals surface area contributed by atoms with Crippen LogP contribution in [0, 0.1) is 0 Å². The van der Waals surface area contributed by atoms with E-state index in [4.69, 9.17) is 19.3 Å². The molecule has 0 bridgehead atoms. The van der Waals surface area contributed by atoms with Gasteiger partial charge < -0.3 is 24.1 Å². The van der Waals surface area contributed by atoms with Crippen molar-refractivity contribution in [3.8, 4) is 0 Å². The van der Waals surface area contributed by atoms with Crippen molar-refractivity contribution in [2.75, 3.05) is 19.8 Å². The van der Waals surface area contributed by atoms with E-state index in [1.54, 1.807) is 6.92 Å². The van der Waals surface area contributed by atoms with Gasteiger partial charge in [0.2, 0.25) is 0 Å². The number of aliphatic hydroxyl groups excluding tert-OH is 1. The van der Waals surface area contributed by atoms with Gasteiger partial charge in [0, 0.05) is 19.8 Å². The lowest BCUT2D eigenvalue weighted by Crippen LogP contribution is -2.31. The van der Waals surface area contributed by atoms with Crippen molar-refractivity contribution in [1.82, 2.24) is 0 Å². The second kappa shape index (κ2) is 10.6. The largest absolute Gasteiger partial charge is 0.368 e. The van der Waals surface area contributed by atoms with Crippen LogP contribution in [0.15, 0.2) is 0 Å². The average Bonchev–Trinajstić information content (AvgIpc) is 2.41. The van der Waals surface area contributed by atoms with Gasteiger partial charge in [0.05, 0.1) is 0 Å². The van der Waals surface area contributed by atoms with Gasteiger partial charge in [-0.05, 0) is 52.4 Å². The first kappa shape index (κ1) is 16.9. The van der Waals surface area contributed by atoms with E-state index in [1.165, 1.54) is 25.7 Å². The molecule has 5 heteroatoms. The van der Waals surface area contributed by atoms with Crippen molar-refractivity contribution in [3.63, 3.8) is 0 Å². The lowest BCUT2D eigenvalue weighted by atomic mass is 10.2. The van der Waals surface area contributed by atoms with E-state index in [-0.39, 0.29) is 12.6 Å². The van der Waals surface area contributed by atoms with E-state index in [0.717, 1.165) is 26.1 Å². The summed E-state index contributed by atoms with van der Waals surface area (Å²) in [6.45, 7) is 5.70. The fourth-order valence-electron chi connectivity index (χ4n) is 2.05. The molecule has 2 rings (SSSR count). The standard InChI is InChI=1S/C10H18O3.C4H10O2/c1-3-7-11-9(5-1)13-10-6-2-4-8-12-10;1-3-6-4(2)5/h9-10H,1-8H2;4-5H,3H2,1-2H3. The summed E-state index contributed by atoms with van der Waals surface area (Å²) in [5.74, 6) is 0. The minimum Gasteiger partial charge on any atom is -0.368 e. The van der Waals surface area contributed by atoms with E-state index in [0.29, 0.717) is 6.61 Å². The van der Waals surface area contributed by atoms with E-state index in [2.05, 4.69) is 4.74 Å². The molecule has 0 aliphatic carbocycles. The van der Waals surface area contributed by atoms with Crippen LogP contribution in [-0.4, -0.2) is 43.8 Å². The van der Waals surface area contributed by atoms with Gasteiger partial charge in [-0.1, -0.05) is 0 Å². The molecule has 1 N–H and O–H groups in total. The normalized spacial score (nSPS) is 29.2. The zero-order valence-electron chi connectivity index (χ0n) is 12.2. The molecule has 0 aromatic rings. The number of ether oxygens (including phenoxy) is 4. The van der Waals surface area contributed by atoms with Crippen LogP contribution in [0.4, 0.5) is 0 Å². The topological polar surface area (TPSA) is 57.2 Å². The van der Waals surface area contributed by atoms with Crippen LogP contribution in [0.25, 0.3) is 0 Å². The Bertz CT molecular complexity index is 182. The minimum atomic E-state index is -0.602. The molecule has 2 aliphatic heterocycles. The highest BCUT2D eigenvalue weighted by Crippen LogP contribution is 2.20. The monoisotopic (exact) mass is 276 g/mol. The van der Waals surface area contributed by atoms with Crippen LogP contribution in [0.2, 0.25) is 0 Å². The number of aliphatic hydroxyl groups is 1. The summed E-state index contributed by atoms with van der Waals surface area (Å²) in [7, 11) is 0. The van der Waals surface area contributed by atoms with E-state index in [1.807, 2.05) is 6.92 Å². The highest BCUT2D eigenvalue weighted by Gasteiger charge is 2.21. The summed E-state index contributed by atoms with van der Waals surface area (Å²) >= 11 is 0. The highest BCUT2D eigenvalue weighted by molar-refractivity contribution is 4.58. The van der Waals surface area contributed by atoms with Crippen LogP contribution < -0.4 is 0 Å². The van der Waals surface area contributed by atoms with Crippen LogP contribution in [0.1, 0.15) is 52.4 Å². The summed E-state index contributed by atoms with van der Waals surface area (Å²) in [6.07, 6.45) is 6.23. The summed E-state index contributed by atoms with van der Waals surface area (Å²) in [4.78, 5) is 0. The van der Waals surface area contributed by atoms with Crippen molar-refractivity contribution >= 4 is 0 Å². The van der Waals surface area contributed by atoms with Gasteiger partial charge in [-0.2, -0.15) is 0 Å². The molecule has 5 nitrogen and oxygen atoms in total. The molecular weight excluding hydrogens is 248 g/mol. The molecular formula is C14H28O5. The summed E-state index contributed by atoms with van der Waals surface area (Å²) in [6, 6.07) is 0. The molecule has 2 fully saturated rings. The Morgan fingerprint density at radius 1 is 1.05 bits per heavy atom. The Hall–Kier alpha value is -0.200. The highest BCUT2D eigenvalue weighted by atomic mass is 16.8. The quantitative estimate of drug-likeness (QED) is 0.799. The van der Waals surface area contributed by atoms with Gasteiger partial charge in [0.15, 0.2) is 18.9 Å². The van der Waals surface area contributed by atoms with Gasteiger partial charge in [-0.3, -0.25) is 0 Å². The van der Waals surface area contributed by atoms with E-state index in [9.17, 15) is 0 Å². The van der Waals surface area contributed by atoms with Gasteiger partial charge in [-0.15, -0.1) is 0 Å². The molecule has 0 aromatic heterocycles. The van der Waals surface area contributed by atoms with Gasteiger partial charge >= 0.3 is 0 Å². The number of hydrogen-bond acceptors (Lipinski definition) is 5. The molecule has 0 radical (unpaired) electrons. The van der Waals surface area contributed by atoms with Crippen molar-refractivity contribution < 1.29 is 24.1 Å². The Labute approximate surface area is 116 Å². The summed E-state index contributed by atoms with van der Waals surface area (Å²) in [5, 5.41) is 8.33. The first-order chi connectivity index (χ1) is 9.22. The average molecular weight is 276 g/mol. The fourth-order valence-corrected chi connectivity index (χ4v) is 2.05. The second-order valence-electron chi connectivity index (χ2n) is 4.78. The van der Waals surface area contributed by atoms with Crippen molar-refractivity contribution in [3.05, 3.63) is 0 Å². The molecule has 3 atom stereocenters.